The largest absolute Gasteiger partial charge is 0.399 e. The summed E-state index contributed by atoms with van der Waals surface area (Å²) >= 11 is 0. The van der Waals surface area contributed by atoms with E-state index in [9.17, 15) is 4.79 Å². The molecule has 1 rings (SSSR count). The molecule has 1 aromatic carbocycles. The van der Waals surface area contributed by atoms with Crippen molar-refractivity contribution in [2.45, 2.75) is 110 Å². The molecule has 0 atom stereocenters. The zero-order chi connectivity index (χ0) is 18.9. The molecular weight excluding hydrogens is 318 g/mol. The summed E-state index contributed by atoms with van der Waals surface area (Å²) in [4.78, 5) is 12.0. The Hall–Kier alpha value is -1.31. The van der Waals surface area contributed by atoms with Crippen molar-refractivity contribution in [2.24, 2.45) is 0 Å². The molecule has 0 aliphatic rings. The van der Waals surface area contributed by atoms with Crippen LogP contribution in [0.3, 0.4) is 0 Å². The molecule has 0 saturated carbocycles. The number of hydrogen-bond acceptors (Lipinski definition) is 2. The van der Waals surface area contributed by atoms with E-state index in [4.69, 9.17) is 5.73 Å². The van der Waals surface area contributed by atoms with Crippen LogP contribution in [0.15, 0.2) is 24.3 Å². The second-order valence-electron chi connectivity index (χ2n) is 7.74. The molecule has 0 unspecified atom stereocenters. The fourth-order valence-electron chi connectivity index (χ4n) is 3.47. The number of ketones is 1. The Morgan fingerprint density at radius 1 is 0.654 bits per heavy atom. The predicted octanol–water partition coefficient (Wildman–Crippen LogP) is 7.71. The van der Waals surface area contributed by atoms with E-state index in [2.05, 4.69) is 6.92 Å². The van der Waals surface area contributed by atoms with Crippen LogP contribution in [0.2, 0.25) is 0 Å². The van der Waals surface area contributed by atoms with E-state index in [1.165, 1.54) is 89.9 Å². The van der Waals surface area contributed by atoms with Gasteiger partial charge < -0.3 is 5.73 Å². The minimum absolute atomic E-state index is 0.250. The number of benzene rings is 1. The van der Waals surface area contributed by atoms with E-state index in [0.29, 0.717) is 12.1 Å². The number of rotatable bonds is 17. The minimum atomic E-state index is 0.250. The molecule has 0 bridgehead atoms. The summed E-state index contributed by atoms with van der Waals surface area (Å²) in [5.41, 5.74) is 7.16. The molecule has 0 radical (unpaired) electrons. The number of carbonyl (C=O) groups is 1. The number of nitrogens with two attached hydrogens (primary N) is 1. The highest BCUT2D eigenvalue weighted by molar-refractivity contribution is 5.96. The van der Waals surface area contributed by atoms with E-state index < -0.39 is 0 Å². The van der Waals surface area contributed by atoms with Gasteiger partial charge in [-0.1, -0.05) is 96.8 Å². The van der Waals surface area contributed by atoms with Crippen LogP contribution in [-0.4, -0.2) is 5.78 Å². The van der Waals surface area contributed by atoms with Gasteiger partial charge in [0.25, 0.3) is 0 Å². The lowest BCUT2D eigenvalue weighted by Gasteiger charge is -2.04. The van der Waals surface area contributed by atoms with Gasteiger partial charge in [-0.15, -0.1) is 0 Å². The summed E-state index contributed by atoms with van der Waals surface area (Å²) in [6, 6.07) is 7.28. The normalized spacial score (nSPS) is 11.0. The maximum Gasteiger partial charge on any atom is 0.162 e. The average Bonchev–Trinajstić information content (AvgIpc) is 2.65. The molecule has 1 aromatic rings. The third kappa shape index (κ3) is 12.1. The number of carbonyl (C=O) groups excluding carboxylic acids is 1. The summed E-state index contributed by atoms with van der Waals surface area (Å²) in [5.74, 6) is 0.250. The number of anilines is 1. The van der Waals surface area contributed by atoms with E-state index in [0.717, 1.165) is 12.0 Å². The molecule has 0 amide bonds. The van der Waals surface area contributed by atoms with Gasteiger partial charge in [-0.25, -0.2) is 0 Å². The van der Waals surface area contributed by atoms with Crippen molar-refractivity contribution in [3.8, 4) is 0 Å². The highest BCUT2D eigenvalue weighted by Crippen LogP contribution is 2.15. The SMILES string of the molecule is CCCCCCCCCCCCCCCCCC(=O)c1ccc(N)cc1. The fraction of sp³-hybridized carbons (Fsp3) is 0.708. The van der Waals surface area contributed by atoms with Gasteiger partial charge in [-0.3, -0.25) is 4.79 Å². The van der Waals surface area contributed by atoms with Gasteiger partial charge in [0.15, 0.2) is 5.78 Å². The van der Waals surface area contributed by atoms with Gasteiger partial charge in [0.2, 0.25) is 0 Å². The van der Waals surface area contributed by atoms with Crippen molar-refractivity contribution < 1.29 is 4.79 Å². The Kier molecular flexibility index (Phi) is 13.9. The van der Waals surface area contributed by atoms with Crippen LogP contribution in [0, 0.1) is 0 Å². The van der Waals surface area contributed by atoms with Crippen LogP contribution in [0.5, 0.6) is 0 Å². The van der Waals surface area contributed by atoms with Crippen molar-refractivity contribution in [2.75, 3.05) is 5.73 Å². The van der Waals surface area contributed by atoms with E-state index in [-0.39, 0.29) is 5.78 Å². The lowest BCUT2D eigenvalue weighted by molar-refractivity contribution is 0.0979. The topological polar surface area (TPSA) is 43.1 Å². The summed E-state index contributed by atoms with van der Waals surface area (Å²) in [5, 5.41) is 0. The summed E-state index contributed by atoms with van der Waals surface area (Å²) < 4.78 is 0. The van der Waals surface area contributed by atoms with Crippen LogP contribution in [0.4, 0.5) is 5.69 Å². The predicted molar refractivity (Wildman–Crippen MR) is 115 cm³/mol. The van der Waals surface area contributed by atoms with Gasteiger partial charge in [-0.2, -0.15) is 0 Å². The number of unbranched alkanes of at least 4 members (excludes halogenated alkanes) is 14. The molecule has 148 valence electrons. The third-order valence-electron chi connectivity index (χ3n) is 5.24. The molecule has 0 spiro atoms. The number of nitrogen functional groups attached to an aromatic ring is 1. The quantitative estimate of drug-likeness (QED) is 0.176. The van der Waals surface area contributed by atoms with E-state index >= 15 is 0 Å². The van der Waals surface area contributed by atoms with Crippen LogP contribution >= 0.6 is 0 Å². The Morgan fingerprint density at radius 3 is 1.46 bits per heavy atom. The first kappa shape index (κ1) is 22.7. The van der Waals surface area contributed by atoms with Gasteiger partial charge in [0.05, 0.1) is 0 Å². The maximum atomic E-state index is 12.0. The van der Waals surface area contributed by atoms with Crippen molar-refractivity contribution in [3.05, 3.63) is 29.8 Å². The monoisotopic (exact) mass is 359 g/mol. The zero-order valence-corrected chi connectivity index (χ0v) is 17.1. The first-order valence-corrected chi connectivity index (χ1v) is 11.1. The highest BCUT2D eigenvalue weighted by atomic mass is 16.1. The van der Waals surface area contributed by atoms with Crippen LogP contribution in [0.1, 0.15) is 120 Å². The summed E-state index contributed by atoms with van der Waals surface area (Å²) in [6.45, 7) is 2.28. The van der Waals surface area contributed by atoms with Gasteiger partial charge >= 0.3 is 0 Å². The Morgan fingerprint density at radius 2 is 1.04 bits per heavy atom. The molecule has 0 aliphatic heterocycles. The average molecular weight is 360 g/mol. The molecule has 0 aromatic heterocycles. The van der Waals surface area contributed by atoms with E-state index in [1.807, 2.05) is 12.1 Å². The van der Waals surface area contributed by atoms with Crippen molar-refractivity contribution >= 4 is 11.5 Å². The minimum Gasteiger partial charge on any atom is -0.399 e. The van der Waals surface area contributed by atoms with Gasteiger partial charge in [0, 0.05) is 17.7 Å². The Labute approximate surface area is 162 Å². The zero-order valence-electron chi connectivity index (χ0n) is 17.1. The molecule has 2 N–H and O–H groups in total. The summed E-state index contributed by atoms with van der Waals surface area (Å²) in [7, 11) is 0. The number of hydrogen-bond donors (Lipinski definition) is 1. The molecule has 0 heterocycles. The van der Waals surface area contributed by atoms with Crippen molar-refractivity contribution in [3.63, 3.8) is 0 Å². The van der Waals surface area contributed by atoms with Crippen LogP contribution in [0.25, 0.3) is 0 Å². The third-order valence-corrected chi connectivity index (χ3v) is 5.24. The highest BCUT2D eigenvalue weighted by Gasteiger charge is 2.04. The Bertz CT molecular complexity index is 452. The first-order valence-electron chi connectivity index (χ1n) is 11.1. The smallest absolute Gasteiger partial charge is 0.162 e. The second-order valence-corrected chi connectivity index (χ2v) is 7.74. The molecule has 26 heavy (non-hydrogen) atoms. The molecule has 0 saturated heterocycles. The van der Waals surface area contributed by atoms with Crippen LogP contribution in [-0.2, 0) is 0 Å². The number of Topliss-reactive ketones (excluding diaryl/α,β-unsaturated/α-hetero) is 1. The lowest BCUT2D eigenvalue weighted by atomic mass is 10.0. The summed E-state index contributed by atoms with van der Waals surface area (Å²) in [6.07, 6.45) is 21.0. The van der Waals surface area contributed by atoms with Crippen molar-refractivity contribution in [1.29, 1.82) is 0 Å². The molecular formula is C24H41NO. The molecule has 0 fully saturated rings. The van der Waals surface area contributed by atoms with E-state index in [1.54, 1.807) is 12.1 Å². The maximum absolute atomic E-state index is 12.0. The second kappa shape index (κ2) is 15.9. The fourth-order valence-corrected chi connectivity index (χ4v) is 3.47. The molecule has 0 aliphatic carbocycles. The Balaban J connectivity index is 1.82. The van der Waals surface area contributed by atoms with Gasteiger partial charge in [0.1, 0.15) is 0 Å². The molecule has 2 nitrogen and oxygen atoms in total. The first-order chi connectivity index (χ1) is 12.7. The molecule has 2 heteroatoms. The standard InChI is InChI=1S/C24H41NO/c1-2-3-4-5-6-7-8-9-10-11-12-13-14-15-16-17-24(26)22-18-20-23(25)21-19-22/h18-21H,2-17,25H2,1H3. The van der Waals surface area contributed by atoms with Crippen molar-refractivity contribution in [1.82, 2.24) is 0 Å². The van der Waals surface area contributed by atoms with Gasteiger partial charge in [-0.05, 0) is 30.7 Å². The van der Waals surface area contributed by atoms with Crippen LogP contribution < -0.4 is 5.73 Å². The lowest BCUT2D eigenvalue weighted by Crippen LogP contribution is -1.99.